The Morgan fingerprint density at radius 2 is 1.82 bits per heavy atom. The highest BCUT2D eigenvalue weighted by molar-refractivity contribution is 5.98. The fraction of sp³-hybridized carbons (Fsp3) is 0.292. The average molecular weight is 466 g/mol. The summed E-state index contributed by atoms with van der Waals surface area (Å²) < 4.78 is 30.3. The van der Waals surface area contributed by atoms with Crippen molar-refractivity contribution in [3.63, 3.8) is 0 Å². The van der Waals surface area contributed by atoms with Crippen LogP contribution in [0.4, 0.5) is 14.6 Å². The molecule has 0 aliphatic carbocycles. The summed E-state index contributed by atoms with van der Waals surface area (Å²) in [6, 6.07) is 5.80. The van der Waals surface area contributed by atoms with Crippen molar-refractivity contribution in [2.45, 2.75) is 13.3 Å². The lowest BCUT2D eigenvalue weighted by Gasteiger charge is -2.32. The van der Waals surface area contributed by atoms with Gasteiger partial charge in [0.2, 0.25) is 5.91 Å². The minimum absolute atomic E-state index is 0.172. The number of piperazine rings is 1. The summed E-state index contributed by atoms with van der Waals surface area (Å²) in [5.41, 5.74) is 1.82. The van der Waals surface area contributed by atoms with Gasteiger partial charge in [-0.2, -0.15) is 0 Å². The predicted molar refractivity (Wildman–Crippen MR) is 123 cm³/mol. The van der Waals surface area contributed by atoms with Gasteiger partial charge in [-0.3, -0.25) is 9.59 Å². The van der Waals surface area contributed by atoms with E-state index < -0.39 is 23.1 Å². The van der Waals surface area contributed by atoms with Gasteiger partial charge in [-0.05, 0) is 30.7 Å². The van der Waals surface area contributed by atoms with Gasteiger partial charge in [-0.1, -0.05) is 6.92 Å². The molecule has 2 aromatic heterocycles. The third-order valence-corrected chi connectivity index (χ3v) is 5.84. The van der Waals surface area contributed by atoms with Gasteiger partial charge in [0.05, 0.1) is 11.4 Å². The SMILES string of the molecule is CCc1ncnc(-c2cc(F)c(C(=O)N3CCN(C)C(=O)C3)c(F)c2)c1-c1ccc(NC)nc1. The molecule has 1 fully saturated rings. The molecule has 0 atom stereocenters. The smallest absolute Gasteiger partial charge is 0.260 e. The number of aromatic nitrogens is 3. The molecule has 0 radical (unpaired) electrons. The highest BCUT2D eigenvalue weighted by Crippen LogP contribution is 2.34. The summed E-state index contributed by atoms with van der Waals surface area (Å²) >= 11 is 0. The van der Waals surface area contributed by atoms with E-state index in [0.717, 1.165) is 17.0 Å². The first-order chi connectivity index (χ1) is 16.3. The van der Waals surface area contributed by atoms with Crippen LogP contribution in [-0.2, 0) is 11.2 Å². The van der Waals surface area contributed by atoms with Gasteiger partial charge in [0, 0.05) is 50.1 Å². The van der Waals surface area contributed by atoms with E-state index >= 15 is 8.78 Å². The van der Waals surface area contributed by atoms with Gasteiger partial charge < -0.3 is 15.1 Å². The van der Waals surface area contributed by atoms with Gasteiger partial charge in [-0.15, -0.1) is 0 Å². The van der Waals surface area contributed by atoms with Crippen LogP contribution in [0.25, 0.3) is 22.4 Å². The van der Waals surface area contributed by atoms with Crippen molar-refractivity contribution in [2.24, 2.45) is 0 Å². The molecular formula is C24H24F2N6O2. The van der Waals surface area contributed by atoms with Crippen molar-refractivity contribution in [3.8, 4) is 22.4 Å². The molecule has 8 nitrogen and oxygen atoms in total. The third-order valence-electron chi connectivity index (χ3n) is 5.84. The zero-order valence-corrected chi connectivity index (χ0v) is 19.1. The van der Waals surface area contributed by atoms with Crippen LogP contribution >= 0.6 is 0 Å². The molecule has 0 spiro atoms. The molecule has 34 heavy (non-hydrogen) atoms. The fourth-order valence-corrected chi connectivity index (χ4v) is 3.91. The van der Waals surface area contributed by atoms with Gasteiger partial charge >= 0.3 is 0 Å². The van der Waals surface area contributed by atoms with E-state index in [1.54, 1.807) is 26.4 Å². The van der Waals surface area contributed by atoms with Crippen LogP contribution in [-0.4, -0.2) is 70.3 Å². The number of halogens is 2. The second-order valence-electron chi connectivity index (χ2n) is 7.94. The van der Waals surface area contributed by atoms with E-state index in [4.69, 9.17) is 0 Å². The first-order valence-electron chi connectivity index (χ1n) is 10.8. The second kappa shape index (κ2) is 9.50. The summed E-state index contributed by atoms with van der Waals surface area (Å²) in [6.07, 6.45) is 3.55. The number of hydrogen-bond donors (Lipinski definition) is 1. The van der Waals surface area contributed by atoms with E-state index in [2.05, 4.69) is 20.3 Å². The molecule has 176 valence electrons. The molecule has 1 aliphatic rings. The van der Waals surface area contributed by atoms with E-state index in [0.29, 0.717) is 41.3 Å². The Labute approximate surface area is 195 Å². The Morgan fingerprint density at radius 3 is 2.41 bits per heavy atom. The van der Waals surface area contributed by atoms with Crippen molar-refractivity contribution in [2.75, 3.05) is 39.0 Å². The lowest BCUT2D eigenvalue weighted by atomic mass is 9.96. The summed E-state index contributed by atoms with van der Waals surface area (Å²) in [4.78, 5) is 40.4. The third kappa shape index (κ3) is 4.30. The number of anilines is 1. The van der Waals surface area contributed by atoms with Crippen LogP contribution in [0.1, 0.15) is 23.0 Å². The molecule has 4 rings (SSSR count). The minimum Gasteiger partial charge on any atom is -0.373 e. The van der Waals surface area contributed by atoms with E-state index in [1.165, 1.54) is 11.2 Å². The maximum Gasteiger partial charge on any atom is 0.260 e. The first kappa shape index (κ1) is 23.2. The van der Waals surface area contributed by atoms with Gasteiger partial charge in [-0.25, -0.2) is 23.7 Å². The molecule has 3 aromatic rings. The van der Waals surface area contributed by atoms with Crippen LogP contribution in [0.5, 0.6) is 0 Å². The second-order valence-corrected chi connectivity index (χ2v) is 7.94. The number of aryl methyl sites for hydroxylation is 1. The normalized spacial score (nSPS) is 13.9. The number of nitrogens with zero attached hydrogens (tertiary/aromatic N) is 5. The lowest BCUT2D eigenvalue weighted by molar-refractivity contribution is -0.133. The molecule has 0 saturated carbocycles. The zero-order chi connectivity index (χ0) is 24.4. The average Bonchev–Trinajstić information content (AvgIpc) is 2.84. The number of likely N-dealkylation sites (N-methyl/N-ethyl adjacent to an activating group) is 1. The Morgan fingerprint density at radius 1 is 1.09 bits per heavy atom. The molecule has 1 aliphatic heterocycles. The largest absolute Gasteiger partial charge is 0.373 e. The Hall–Kier alpha value is -3.95. The summed E-state index contributed by atoms with van der Waals surface area (Å²) in [5.74, 6) is -2.50. The number of carbonyl (C=O) groups is 2. The quantitative estimate of drug-likeness (QED) is 0.622. The lowest BCUT2D eigenvalue weighted by Crippen LogP contribution is -2.50. The molecule has 2 amide bonds. The maximum atomic E-state index is 15.1. The molecule has 1 aromatic carbocycles. The van der Waals surface area contributed by atoms with Crippen molar-refractivity contribution < 1.29 is 18.4 Å². The molecule has 1 saturated heterocycles. The molecule has 10 heteroatoms. The number of amides is 2. The number of benzene rings is 1. The van der Waals surface area contributed by atoms with Gasteiger partial charge in [0.15, 0.2) is 0 Å². The topological polar surface area (TPSA) is 91.3 Å². The highest BCUT2D eigenvalue weighted by Gasteiger charge is 2.30. The van der Waals surface area contributed by atoms with Gasteiger partial charge in [0.1, 0.15) is 35.9 Å². The number of carbonyl (C=O) groups excluding carboxylic acids is 2. The molecule has 1 N–H and O–H groups in total. The van der Waals surface area contributed by atoms with Gasteiger partial charge in [0.25, 0.3) is 5.91 Å². The van der Waals surface area contributed by atoms with Crippen LogP contribution < -0.4 is 5.32 Å². The van der Waals surface area contributed by atoms with Crippen LogP contribution in [0.3, 0.4) is 0 Å². The van der Waals surface area contributed by atoms with Crippen LogP contribution in [0, 0.1) is 11.6 Å². The van der Waals surface area contributed by atoms with E-state index in [1.807, 2.05) is 13.0 Å². The monoisotopic (exact) mass is 466 g/mol. The van der Waals surface area contributed by atoms with Crippen LogP contribution in [0.15, 0.2) is 36.8 Å². The minimum atomic E-state index is -1.02. The number of hydrogen-bond acceptors (Lipinski definition) is 6. The van der Waals surface area contributed by atoms with Crippen molar-refractivity contribution >= 4 is 17.6 Å². The fourth-order valence-electron chi connectivity index (χ4n) is 3.91. The molecule has 0 bridgehead atoms. The van der Waals surface area contributed by atoms with Crippen molar-refractivity contribution in [1.82, 2.24) is 24.8 Å². The number of nitrogens with one attached hydrogen (secondary N) is 1. The standard InChI is InChI=1S/C24H24F2N6O2/c1-4-18-21(14-5-6-19(27-2)28-11-14)23(30-13-29-18)15-9-16(25)22(17(26)10-15)24(34)32-8-7-31(3)20(33)12-32/h5-6,9-11,13H,4,7-8,12H2,1-3H3,(H,27,28). The molecule has 0 unspecified atom stereocenters. The summed E-state index contributed by atoms with van der Waals surface area (Å²) in [7, 11) is 3.37. The number of rotatable bonds is 5. The molecular weight excluding hydrogens is 442 g/mol. The first-order valence-corrected chi connectivity index (χ1v) is 10.8. The van der Waals surface area contributed by atoms with E-state index in [-0.39, 0.29) is 24.6 Å². The zero-order valence-electron chi connectivity index (χ0n) is 19.1. The Bertz CT molecular complexity index is 1230. The predicted octanol–water partition coefficient (Wildman–Crippen LogP) is 3.00. The molecule has 3 heterocycles. The highest BCUT2D eigenvalue weighted by atomic mass is 19.1. The maximum absolute atomic E-state index is 15.1. The van der Waals surface area contributed by atoms with Crippen molar-refractivity contribution in [1.29, 1.82) is 0 Å². The number of pyridine rings is 1. The summed E-state index contributed by atoms with van der Waals surface area (Å²) in [6.45, 7) is 2.20. The van der Waals surface area contributed by atoms with E-state index in [9.17, 15) is 9.59 Å². The summed E-state index contributed by atoms with van der Waals surface area (Å²) in [5, 5.41) is 2.94. The van der Waals surface area contributed by atoms with Crippen molar-refractivity contribution in [3.05, 3.63) is 59.7 Å². The Kier molecular flexibility index (Phi) is 6.49. The van der Waals surface area contributed by atoms with Crippen LogP contribution in [0.2, 0.25) is 0 Å². The Balaban J connectivity index is 1.76.